The fourth-order valence-corrected chi connectivity index (χ4v) is 3.62. The Balaban J connectivity index is 0.000000404. The van der Waals surface area contributed by atoms with Gasteiger partial charge in [-0.2, -0.15) is 0 Å². The van der Waals surface area contributed by atoms with Crippen molar-refractivity contribution in [2.24, 2.45) is 5.41 Å². The normalized spacial score (nSPS) is 41.2. The topological polar surface area (TPSA) is 3.24 Å². The Kier molecular flexibility index (Phi) is 2.83. The quantitative estimate of drug-likeness (QED) is 0.645. The highest BCUT2D eigenvalue weighted by molar-refractivity contribution is 5.14. The van der Waals surface area contributed by atoms with Gasteiger partial charge < -0.3 is 0 Å². The molecule has 88 valence electrons. The van der Waals surface area contributed by atoms with Gasteiger partial charge in [-0.1, -0.05) is 20.8 Å². The SMILES string of the molecule is CC.CCC12CC(F)CN1CC1(CC1)C2. The van der Waals surface area contributed by atoms with Crippen molar-refractivity contribution in [2.45, 2.75) is 64.6 Å². The van der Waals surface area contributed by atoms with Gasteiger partial charge in [-0.15, -0.1) is 0 Å². The molecule has 1 nitrogen and oxygen atoms in total. The molecule has 0 aromatic rings. The van der Waals surface area contributed by atoms with E-state index in [1.54, 1.807) is 0 Å². The molecule has 0 radical (unpaired) electrons. The Morgan fingerprint density at radius 3 is 2.47 bits per heavy atom. The Bertz CT molecular complexity index is 237. The number of nitrogens with zero attached hydrogens (tertiary/aromatic N) is 1. The molecule has 2 saturated heterocycles. The smallest absolute Gasteiger partial charge is 0.115 e. The van der Waals surface area contributed by atoms with Crippen LogP contribution in [0, 0.1) is 5.41 Å². The number of rotatable bonds is 1. The molecule has 0 amide bonds. The monoisotopic (exact) mass is 213 g/mol. The van der Waals surface area contributed by atoms with Gasteiger partial charge in [0.25, 0.3) is 0 Å². The van der Waals surface area contributed by atoms with Crippen LogP contribution in [0.4, 0.5) is 4.39 Å². The average molecular weight is 213 g/mol. The second-order valence-electron chi connectivity index (χ2n) is 5.44. The molecule has 0 aromatic heterocycles. The summed E-state index contributed by atoms with van der Waals surface area (Å²) >= 11 is 0. The van der Waals surface area contributed by atoms with Crippen molar-refractivity contribution in [3.8, 4) is 0 Å². The Hall–Kier alpha value is -0.110. The van der Waals surface area contributed by atoms with Crippen LogP contribution in [-0.2, 0) is 0 Å². The summed E-state index contributed by atoms with van der Waals surface area (Å²) in [5.74, 6) is 0. The van der Waals surface area contributed by atoms with E-state index in [1.807, 2.05) is 13.8 Å². The third-order valence-electron chi connectivity index (χ3n) is 4.54. The van der Waals surface area contributed by atoms with Crippen molar-refractivity contribution in [1.29, 1.82) is 0 Å². The molecule has 1 saturated carbocycles. The van der Waals surface area contributed by atoms with Crippen LogP contribution in [0.3, 0.4) is 0 Å². The van der Waals surface area contributed by atoms with E-state index in [0.717, 1.165) is 19.4 Å². The number of hydrogen-bond acceptors (Lipinski definition) is 1. The maximum absolute atomic E-state index is 13.3. The molecule has 15 heavy (non-hydrogen) atoms. The average Bonchev–Trinajstić information content (AvgIpc) is 2.80. The fraction of sp³-hybridized carbons (Fsp3) is 1.00. The second kappa shape index (κ2) is 3.73. The molecular weight excluding hydrogens is 189 g/mol. The molecule has 1 spiro atoms. The predicted octanol–water partition coefficient (Wildman–Crippen LogP) is 3.39. The molecule has 0 bridgehead atoms. The molecule has 0 aromatic carbocycles. The lowest BCUT2D eigenvalue weighted by molar-refractivity contribution is 0.189. The first-order valence-corrected chi connectivity index (χ1v) is 6.57. The lowest BCUT2D eigenvalue weighted by Gasteiger charge is -2.29. The van der Waals surface area contributed by atoms with Crippen LogP contribution in [0.5, 0.6) is 0 Å². The molecule has 2 heterocycles. The first-order valence-electron chi connectivity index (χ1n) is 6.57. The Labute approximate surface area is 93.0 Å². The molecule has 2 atom stereocenters. The van der Waals surface area contributed by atoms with Crippen molar-refractivity contribution in [3.63, 3.8) is 0 Å². The number of halogens is 1. The lowest BCUT2D eigenvalue weighted by Crippen LogP contribution is -2.37. The minimum atomic E-state index is -0.545. The minimum absolute atomic E-state index is 0.274. The molecule has 0 N–H and O–H groups in total. The van der Waals surface area contributed by atoms with Gasteiger partial charge in [0, 0.05) is 18.6 Å². The van der Waals surface area contributed by atoms with Crippen LogP contribution >= 0.6 is 0 Å². The highest BCUT2D eigenvalue weighted by Crippen LogP contribution is 2.61. The molecule has 3 fully saturated rings. The molecule has 2 unspecified atom stereocenters. The number of hydrogen-bond donors (Lipinski definition) is 0. The Morgan fingerprint density at radius 1 is 1.33 bits per heavy atom. The molecule has 2 heteroatoms. The van der Waals surface area contributed by atoms with Crippen molar-refractivity contribution in [2.75, 3.05) is 13.1 Å². The maximum Gasteiger partial charge on any atom is 0.115 e. The van der Waals surface area contributed by atoms with E-state index in [4.69, 9.17) is 0 Å². The zero-order valence-corrected chi connectivity index (χ0v) is 10.4. The van der Waals surface area contributed by atoms with E-state index in [-0.39, 0.29) is 5.54 Å². The van der Waals surface area contributed by atoms with Gasteiger partial charge >= 0.3 is 0 Å². The third-order valence-corrected chi connectivity index (χ3v) is 4.54. The van der Waals surface area contributed by atoms with Gasteiger partial charge in [0.1, 0.15) is 6.17 Å². The van der Waals surface area contributed by atoms with Gasteiger partial charge in [-0.05, 0) is 37.5 Å². The molecule has 2 aliphatic heterocycles. The van der Waals surface area contributed by atoms with E-state index in [2.05, 4.69) is 11.8 Å². The van der Waals surface area contributed by atoms with E-state index >= 15 is 0 Å². The molecule has 3 aliphatic rings. The maximum atomic E-state index is 13.3. The van der Waals surface area contributed by atoms with E-state index < -0.39 is 6.17 Å². The Morgan fingerprint density at radius 2 is 2.00 bits per heavy atom. The van der Waals surface area contributed by atoms with Crippen LogP contribution in [0.15, 0.2) is 0 Å². The minimum Gasteiger partial charge on any atom is -0.294 e. The van der Waals surface area contributed by atoms with Crippen LogP contribution in [0.2, 0.25) is 0 Å². The van der Waals surface area contributed by atoms with Gasteiger partial charge in [0.15, 0.2) is 0 Å². The number of alkyl halides is 1. The summed E-state index contributed by atoms with van der Waals surface area (Å²) in [6, 6.07) is 0. The standard InChI is InChI=1S/C11H18FN.C2H6/c1-2-11-5-9(12)6-13(11)8-10(7-11)3-4-10;1-2/h9H,2-8H2,1H3;1-2H3. The largest absolute Gasteiger partial charge is 0.294 e. The van der Waals surface area contributed by atoms with Crippen LogP contribution in [-0.4, -0.2) is 29.7 Å². The van der Waals surface area contributed by atoms with Crippen LogP contribution in [0.1, 0.15) is 52.9 Å². The first kappa shape index (κ1) is 11.4. The summed E-state index contributed by atoms with van der Waals surface area (Å²) in [4.78, 5) is 2.45. The summed E-state index contributed by atoms with van der Waals surface area (Å²) in [5.41, 5.74) is 0.923. The van der Waals surface area contributed by atoms with Crippen LogP contribution < -0.4 is 0 Å². The molecular formula is C13H24FN. The van der Waals surface area contributed by atoms with E-state index in [9.17, 15) is 4.39 Å². The van der Waals surface area contributed by atoms with E-state index in [1.165, 1.54) is 25.8 Å². The fourth-order valence-electron chi connectivity index (χ4n) is 3.62. The van der Waals surface area contributed by atoms with Crippen molar-refractivity contribution in [1.82, 2.24) is 4.90 Å². The van der Waals surface area contributed by atoms with Crippen LogP contribution in [0.25, 0.3) is 0 Å². The third kappa shape index (κ3) is 1.71. The first-order chi connectivity index (χ1) is 7.18. The van der Waals surface area contributed by atoms with E-state index in [0.29, 0.717) is 5.41 Å². The van der Waals surface area contributed by atoms with Gasteiger partial charge in [-0.25, -0.2) is 4.39 Å². The van der Waals surface area contributed by atoms with Gasteiger partial charge in [0.05, 0.1) is 0 Å². The molecule has 3 rings (SSSR count). The zero-order valence-electron chi connectivity index (χ0n) is 10.4. The second-order valence-corrected chi connectivity index (χ2v) is 5.44. The van der Waals surface area contributed by atoms with Gasteiger partial charge in [0.2, 0.25) is 0 Å². The molecule has 1 aliphatic carbocycles. The van der Waals surface area contributed by atoms with Crippen molar-refractivity contribution in [3.05, 3.63) is 0 Å². The summed E-state index contributed by atoms with van der Waals surface area (Å²) in [6.45, 7) is 8.14. The van der Waals surface area contributed by atoms with Crippen molar-refractivity contribution < 1.29 is 4.39 Å². The summed E-state index contributed by atoms with van der Waals surface area (Å²) in [6.07, 6.45) is 5.51. The zero-order chi connectivity index (χ0) is 11.1. The lowest BCUT2D eigenvalue weighted by atomic mass is 9.86. The summed E-state index contributed by atoms with van der Waals surface area (Å²) < 4.78 is 13.3. The van der Waals surface area contributed by atoms with Crippen molar-refractivity contribution >= 4 is 0 Å². The summed E-state index contributed by atoms with van der Waals surface area (Å²) in [7, 11) is 0. The summed E-state index contributed by atoms with van der Waals surface area (Å²) in [5, 5.41) is 0. The highest BCUT2D eigenvalue weighted by Gasteiger charge is 2.60. The van der Waals surface area contributed by atoms with Gasteiger partial charge in [-0.3, -0.25) is 4.90 Å². The predicted molar refractivity (Wildman–Crippen MR) is 61.7 cm³/mol. The number of fused-ring (bicyclic) bond motifs is 1. The highest BCUT2D eigenvalue weighted by atomic mass is 19.1.